The molecular formula is C13H17Cl2NO. The van der Waals surface area contributed by atoms with Crippen molar-refractivity contribution in [2.24, 2.45) is 5.92 Å². The summed E-state index contributed by atoms with van der Waals surface area (Å²) in [6.07, 6.45) is 1.87. The van der Waals surface area contributed by atoms with Gasteiger partial charge in [-0.3, -0.25) is 4.79 Å². The van der Waals surface area contributed by atoms with Gasteiger partial charge < -0.3 is 5.32 Å². The Morgan fingerprint density at radius 2 is 2.00 bits per heavy atom. The smallest absolute Gasteiger partial charge is 0.166 e. The Bertz CT molecular complexity index is 400. The molecular weight excluding hydrogens is 257 g/mol. The lowest BCUT2D eigenvalue weighted by Gasteiger charge is -2.22. The summed E-state index contributed by atoms with van der Waals surface area (Å²) in [6, 6.07) is 5.54. The first-order valence-corrected chi connectivity index (χ1v) is 6.07. The third-order valence-electron chi connectivity index (χ3n) is 3.18. The molecule has 0 radical (unpaired) electrons. The van der Waals surface area contributed by atoms with E-state index in [1.54, 1.807) is 6.07 Å². The summed E-state index contributed by atoms with van der Waals surface area (Å²) in [5.74, 6) is 0.417. The van der Waals surface area contributed by atoms with Crippen LogP contribution in [-0.2, 0) is 0 Å². The normalized spacial score (nSPS) is 16.4. The van der Waals surface area contributed by atoms with Crippen LogP contribution in [0.25, 0.3) is 0 Å². The van der Waals surface area contributed by atoms with Crippen molar-refractivity contribution in [3.63, 3.8) is 0 Å². The van der Waals surface area contributed by atoms with Crippen LogP contribution in [0.1, 0.15) is 28.8 Å². The van der Waals surface area contributed by atoms with E-state index in [1.807, 2.05) is 19.1 Å². The first-order chi connectivity index (χ1) is 7.68. The van der Waals surface area contributed by atoms with Crippen molar-refractivity contribution in [2.45, 2.75) is 19.8 Å². The van der Waals surface area contributed by atoms with Gasteiger partial charge in [0, 0.05) is 16.5 Å². The zero-order valence-electron chi connectivity index (χ0n) is 9.83. The molecule has 17 heavy (non-hydrogen) atoms. The molecule has 2 nitrogen and oxygen atoms in total. The lowest BCUT2D eigenvalue weighted by molar-refractivity contribution is 0.0894. The van der Waals surface area contributed by atoms with E-state index < -0.39 is 0 Å². The van der Waals surface area contributed by atoms with Crippen LogP contribution in [0.3, 0.4) is 0 Å². The van der Waals surface area contributed by atoms with Gasteiger partial charge in [0.1, 0.15) is 0 Å². The van der Waals surface area contributed by atoms with Crippen LogP contribution in [0.15, 0.2) is 18.2 Å². The van der Waals surface area contributed by atoms with Crippen LogP contribution >= 0.6 is 24.0 Å². The summed E-state index contributed by atoms with van der Waals surface area (Å²) in [7, 11) is 0. The molecule has 0 aromatic heterocycles. The van der Waals surface area contributed by atoms with Gasteiger partial charge in [0.25, 0.3) is 0 Å². The molecule has 0 aliphatic carbocycles. The number of hydrogen-bond acceptors (Lipinski definition) is 2. The van der Waals surface area contributed by atoms with E-state index in [9.17, 15) is 4.79 Å². The number of hydrogen-bond donors (Lipinski definition) is 1. The first kappa shape index (κ1) is 14.5. The third-order valence-corrected chi connectivity index (χ3v) is 3.41. The summed E-state index contributed by atoms with van der Waals surface area (Å²) >= 11 is 5.94. The zero-order valence-corrected chi connectivity index (χ0v) is 11.4. The van der Waals surface area contributed by atoms with Gasteiger partial charge in [0.05, 0.1) is 0 Å². The van der Waals surface area contributed by atoms with Crippen molar-refractivity contribution in [2.75, 3.05) is 13.1 Å². The van der Waals surface area contributed by atoms with Crippen LogP contribution in [0.5, 0.6) is 0 Å². The Balaban J connectivity index is 0.00000144. The van der Waals surface area contributed by atoms with Crippen LogP contribution < -0.4 is 5.32 Å². The van der Waals surface area contributed by atoms with Gasteiger partial charge in [0.2, 0.25) is 0 Å². The average Bonchev–Trinajstić information content (AvgIpc) is 2.32. The van der Waals surface area contributed by atoms with Gasteiger partial charge in [0.15, 0.2) is 5.78 Å². The van der Waals surface area contributed by atoms with Crippen molar-refractivity contribution in [3.05, 3.63) is 34.3 Å². The third kappa shape index (κ3) is 3.44. The molecule has 4 heteroatoms. The monoisotopic (exact) mass is 273 g/mol. The molecule has 1 fully saturated rings. The predicted octanol–water partition coefficient (Wildman–Crippen LogP) is 3.25. The Kier molecular flexibility index (Phi) is 5.44. The van der Waals surface area contributed by atoms with Crippen molar-refractivity contribution in [1.82, 2.24) is 5.32 Å². The SMILES string of the molecule is Cc1ccc(Cl)cc1C(=O)C1CCNCC1.Cl. The van der Waals surface area contributed by atoms with Gasteiger partial charge >= 0.3 is 0 Å². The summed E-state index contributed by atoms with van der Waals surface area (Å²) in [4.78, 5) is 12.3. The molecule has 0 bridgehead atoms. The number of Topliss-reactive ketones (excluding diaryl/α,β-unsaturated/α-hetero) is 1. The maximum atomic E-state index is 12.3. The van der Waals surface area contributed by atoms with Gasteiger partial charge in [-0.25, -0.2) is 0 Å². The Labute approximate surface area is 113 Å². The van der Waals surface area contributed by atoms with Crippen LogP contribution in [-0.4, -0.2) is 18.9 Å². The van der Waals surface area contributed by atoms with E-state index in [4.69, 9.17) is 11.6 Å². The largest absolute Gasteiger partial charge is 0.317 e. The number of ketones is 1. The fourth-order valence-corrected chi connectivity index (χ4v) is 2.34. The molecule has 1 saturated heterocycles. The second-order valence-electron chi connectivity index (χ2n) is 4.35. The molecule has 0 spiro atoms. The molecule has 0 atom stereocenters. The minimum absolute atomic E-state index is 0. The highest BCUT2D eigenvalue weighted by Crippen LogP contribution is 2.22. The standard InChI is InChI=1S/C13H16ClNO.ClH/c1-9-2-3-11(14)8-12(9)13(16)10-4-6-15-7-5-10;/h2-3,8,10,15H,4-7H2,1H3;1H. The van der Waals surface area contributed by atoms with E-state index in [2.05, 4.69) is 5.32 Å². The average molecular weight is 274 g/mol. The highest BCUT2D eigenvalue weighted by atomic mass is 35.5. The van der Waals surface area contributed by atoms with E-state index in [0.717, 1.165) is 37.1 Å². The number of rotatable bonds is 2. The molecule has 2 rings (SSSR count). The van der Waals surface area contributed by atoms with Gasteiger partial charge in [-0.1, -0.05) is 17.7 Å². The maximum absolute atomic E-state index is 12.3. The first-order valence-electron chi connectivity index (χ1n) is 5.69. The van der Waals surface area contributed by atoms with Crippen LogP contribution in [0, 0.1) is 12.8 Å². The number of piperidine rings is 1. The number of benzene rings is 1. The quantitative estimate of drug-likeness (QED) is 0.839. The topological polar surface area (TPSA) is 29.1 Å². The molecule has 1 aromatic rings. The summed E-state index contributed by atoms with van der Waals surface area (Å²) in [5.41, 5.74) is 1.81. The van der Waals surface area contributed by atoms with E-state index in [1.165, 1.54) is 0 Å². The van der Waals surface area contributed by atoms with Crippen molar-refractivity contribution >= 4 is 29.8 Å². The molecule has 1 aromatic carbocycles. The van der Waals surface area contributed by atoms with Gasteiger partial charge in [-0.2, -0.15) is 0 Å². The second-order valence-corrected chi connectivity index (χ2v) is 4.78. The van der Waals surface area contributed by atoms with Crippen LogP contribution in [0.4, 0.5) is 0 Å². The summed E-state index contributed by atoms with van der Waals surface area (Å²) in [6.45, 7) is 3.84. The summed E-state index contributed by atoms with van der Waals surface area (Å²) in [5, 5.41) is 3.91. The lowest BCUT2D eigenvalue weighted by Crippen LogP contribution is -2.32. The molecule has 94 valence electrons. The fraction of sp³-hybridized carbons (Fsp3) is 0.462. The number of halogens is 2. The molecule has 0 saturated carbocycles. The number of carbonyl (C=O) groups is 1. The van der Waals surface area contributed by atoms with E-state index >= 15 is 0 Å². The lowest BCUT2D eigenvalue weighted by atomic mass is 9.88. The minimum Gasteiger partial charge on any atom is -0.317 e. The fourth-order valence-electron chi connectivity index (χ4n) is 2.16. The number of aryl methyl sites for hydroxylation is 1. The van der Waals surface area contributed by atoms with Crippen LogP contribution in [0.2, 0.25) is 5.02 Å². The highest BCUT2D eigenvalue weighted by molar-refractivity contribution is 6.31. The van der Waals surface area contributed by atoms with Gasteiger partial charge in [-0.05, 0) is 50.6 Å². The minimum atomic E-state index is 0. The Morgan fingerprint density at radius 3 is 2.65 bits per heavy atom. The predicted molar refractivity (Wildman–Crippen MR) is 73.4 cm³/mol. The van der Waals surface area contributed by atoms with E-state index in [0.29, 0.717) is 5.02 Å². The maximum Gasteiger partial charge on any atom is 0.166 e. The molecule has 0 unspecified atom stereocenters. The Hall–Kier alpha value is -0.570. The molecule has 1 heterocycles. The number of nitrogens with one attached hydrogen (secondary N) is 1. The van der Waals surface area contributed by atoms with E-state index in [-0.39, 0.29) is 24.1 Å². The van der Waals surface area contributed by atoms with Crippen molar-refractivity contribution in [1.29, 1.82) is 0 Å². The molecule has 0 amide bonds. The molecule has 1 N–H and O–H groups in total. The molecule has 1 aliphatic rings. The van der Waals surface area contributed by atoms with Crippen molar-refractivity contribution < 1.29 is 4.79 Å². The second kappa shape index (κ2) is 6.39. The molecule has 1 aliphatic heterocycles. The van der Waals surface area contributed by atoms with Gasteiger partial charge in [-0.15, -0.1) is 12.4 Å². The van der Waals surface area contributed by atoms with Crippen molar-refractivity contribution in [3.8, 4) is 0 Å². The zero-order chi connectivity index (χ0) is 11.5. The number of carbonyl (C=O) groups excluding carboxylic acids is 1. The Morgan fingerprint density at radius 1 is 1.35 bits per heavy atom. The highest BCUT2D eigenvalue weighted by Gasteiger charge is 2.23. The summed E-state index contributed by atoms with van der Waals surface area (Å²) < 4.78 is 0.